The van der Waals surface area contributed by atoms with E-state index in [1.165, 1.54) is 6.07 Å². The Kier molecular flexibility index (Phi) is 6.99. The van der Waals surface area contributed by atoms with E-state index in [0.717, 1.165) is 6.07 Å². The van der Waals surface area contributed by atoms with E-state index >= 15 is 0 Å². The summed E-state index contributed by atoms with van der Waals surface area (Å²) in [4.78, 5) is 24.1. The number of carboxylic acids is 1. The lowest BCUT2D eigenvalue weighted by Crippen LogP contribution is -2.34. The van der Waals surface area contributed by atoms with Crippen molar-refractivity contribution in [3.63, 3.8) is 0 Å². The number of carbonyl (C=O) groups is 2. The molecular weight excluding hydrogens is 429 g/mol. The number of hydrogen-bond donors (Lipinski definition) is 2. The number of benzene rings is 2. The number of carboxylic acid groups (broad SMARTS) is 1. The second kappa shape index (κ2) is 9.00. The maximum atomic E-state index is 14.0. The Morgan fingerprint density at radius 1 is 1.31 bits per heavy atom. The largest absolute Gasteiger partial charge is 0.489 e. The van der Waals surface area contributed by atoms with E-state index in [1.807, 2.05) is 0 Å². The van der Waals surface area contributed by atoms with Crippen LogP contribution in [0.3, 0.4) is 0 Å². The van der Waals surface area contributed by atoms with Crippen molar-refractivity contribution in [3.05, 3.63) is 64.4 Å². The topological polar surface area (TPSA) is 75.6 Å². The van der Waals surface area contributed by atoms with Crippen molar-refractivity contribution < 1.29 is 23.8 Å². The van der Waals surface area contributed by atoms with Gasteiger partial charge in [-0.15, -0.1) is 0 Å². The predicted octanol–water partition coefficient (Wildman–Crippen LogP) is 4.20. The van der Waals surface area contributed by atoms with Gasteiger partial charge in [0.15, 0.2) is 6.04 Å². The molecule has 0 saturated carbocycles. The second-order valence-electron chi connectivity index (χ2n) is 5.50. The summed E-state index contributed by atoms with van der Waals surface area (Å²) in [6, 6.07) is 8.78. The fourth-order valence-electron chi connectivity index (χ4n) is 2.20. The van der Waals surface area contributed by atoms with Crippen LogP contribution in [0.1, 0.15) is 28.9 Å². The van der Waals surface area contributed by atoms with Crippen LogP contribution in [0, 0.1) is 5.82 Å². The van der Waals surface area contributed by atoms with Gasteiger partial charge in [-0.2, -0.15) is 0 Å². The van der Waals surface area contributed by atoms with Crippen molar-refractivity contribution >= 4 is 39.4 Å². The molecule has 2 aromatic rings. The van der Waals surface area contributed by atoms with E-state index in [2.05, 4.69) is 21.2 Å². The van der Waals surface area contributed by atoms with Crippen molar-refractivity contribution in [3.8, 4) is 5.75 Å². The molecule has 0 bridgehead atoms. The number of alkyl halides is 1. The summed E-state index contributed by atoms with van der Waals surface area (Å²) in [6.45, 7) is 1.74. The molecule has 2 aromatic carbocycles. The van der Waals surface area contributed by atoms with E-state index < -0.39 is 23.7 Å². The number of rotatable bonds is 7. The zero-order chi connectivity index (χ0) is 19.3. The minimum Gasteiger partial charge on any atom is -0.489 e. The molecule has 0 aromatic heterocycles. The molecule has 5 nitrogen and oxygen atoms in total. The van der Waals surface area contributed by atoms with Crippen molar-refractivity contribution in [2.75, 3.05) is 5.33 Å². The summed E-state index contributed by atoms with van der Waals surface area (Å²) in [6.07, 6.45) is -0.324. The lowest BCUT2D eigenvalue weighted by Gasteiger charge is -2.21. The van der Waals surface area contributed by atoms with E-state index in [9.17, 15) is 19.1 Å². The second-order valence-corrected chi connectivity index (χ2v) is 6.55. The summed E-state index contributed by atoms with van der Waals surface area (Å²) < 4.78 is 19.6. The fraction of sp³-hybridized carbons (Fsp3) is 0.222. The zero-order valence-electron chi connectivity index (χ0n) is 13.7. The maximum absolute atomic E-state index is 14.0. The Labute approximate surface area is 163 Å². The van der Waals surface area contributed by atoms with Crippen molar-refractivity contribution in [2.45, 2.75) is 19.1 Å². The Balaban J connectivity index is 2.41. The molecule has 0 aliphatic carbocycles. The van der Waals surface area contributed by atoms with E-state index in [-0.39, 0.29) is 28.0 Å². The molecule has 0 saturated heterocycles. The third kappa shape index (κ3) is 4.95. The summed E-state index contributed by atoms with van der Waals surface area (Å²) >= 11 is 9.05. The lowest BCUT2D eigenvalue weighted by atomic mass is 10.0. The van der Waals surface area contributed by atoms with Crippen LogP contribution in [-0.4, -0.2) is 28.4 Å². The molecule has 0 unspecified atom stereocenters. The first-order valence-electron chi connectivity index (χ1n) is 7.63. The van der Waals surface area contributed by atoms with Gasteiger partial charge in [0.1, 0.15) is 17.7 Å². The van der Waals surface area contributed by atoms with Crippen LogP contribution in [0.2, 0.25) is 5.02 Å². The standard InChI is InChI=1S/C18H16BrClFNO4/c1-10(9-19)26-15-8-13(20)14(21)7-12(15)16(18(24)25)22-17(23)11-5-3-2-4-6-11/h2-8,10,16H,9H2,1H3,(H,22,23)(H,24,25)/t10-,16-/m1/s1. The highest BCUT2D eigenvalue weighted by molar-refractivity contribution is 9.09. The molecule has 0 radical (unpaired) electrons. The molecule has 2 atom stereocenters. The molecule has 138 valence electrons. The number of hydrogen-bond acceptors (Lipinski definition) is 3. The van der Waals surface area contributed by atoms with Gasteiger partial charge in [0, 0.05) is 22.5 Å². The molecule has 0 heterocycles. The summed E-state index contributed by atoms with van der Waals surface area (Å²) in [5.41, 5.74) is 0.251. The smallest absolute Gasteiger partial charge is 0.331 e. The molecule has 0 spiro atoms. The van der Waals surface area contributed by atoms with Gasteiger partial charge in [0.25, 0.3) is 5.91 Å². The predicted molar refractivity (Wildman–Crippen MR) is 99.6 cm³/mol. The molecule has 26 heavy (non-hydrogen) atoms. The first-order valence-corrected chi connectivity index (χ1v) is 9.13. The average molecular weight is 445 g/mol. The number of nitrogens with one attached hydrogen (secondary N) is 1. The van der Waals surface area contributed by atoms with Crippen LogP contribution in [-0.2, 0) is 4.79 Å². The van der Waals surface area contributed by atoms with Gasteiger partial charge in [0.05, 0.1) is 5.02 Å². The van der Waals surface area contributed by atoms with Gasteiger partial charge < -0.3 is 15.2 Å². The number of halogens is 3. The van der Waals surface area contributed by atoms with Gasteiger partial charge in [0.2, 0.25) is 0 Å². The van der Waals surface area contributed by atoms with E-state index in [1.54, 1.807) is 37.3 Å². The Morgan fingerprint density at radius 2 is 1.96 bits per heavy atom. The number of aliphatic carboxylic acids is 1. The van der Waals surface area contributed by atoms with E-state index in [0.29, 0.717) is 5.33 Å². The van der Waals surface area contributed by atoms with Crippen molar-refractivity contribution in [2.24, 2.45) is 0 Å². The van der Waals surface area contributed by atoms with Crippen LogP contribution in [0.5, 0.6) is 5.75 Å². The van der Waals surface area contributed by atoms with Gasteiger partial charge >= 0.3 is 5.97 Å². The number of amides is 1. The van der Waals surface area contributed by atoms with Gasteiger partial charge in [-0.05, 0) is 25.1 Å². The van der Waals surface area contributed by atoms with Crippen LogP contribution < -0.4 is 10.1 Å². The molecule has 0 aliphatic heterocycles. The molecule has 1 amide bonds. The Bertz CT molecular complexity index is 803. The average Bonchev–Trinajstić information content (AvgIpc) is 2.63. The van der Waals surface area contributed by atoms with Crippen LogP contribution in [0.4, 0.5) is 4.39 Å². The van der Waals surface area contributed by atoms with Crippen LogP contribution >= 0.6 is 27.5 Å². The highest BCUT2D eigenvalue weighted by Crippen LogP contribution is 2.32. The molecule has 2 rings (SSSR count). The normalized spacial score (nSPS) is 12.9. The molecule has 0 aliphatic rings. The van der Waals surface area contributed by atoms with Crippen molar-refractivity contribution in [1.29, 1.82) is 0 Å². The SMILES string of the molecule is C[C@H](CBr)Oc1cc(Cl)c(F)cc1[C@@H](NC(=O)c1ccccc1)C(=O)O. The third-order valence-electron chi connectivity index (χ3n) is 3.47. The first kappa shape index (κ1) is 20.2. The van der Waals surface area contributed by atoms with Gasteiger partial charge in [-0.3, -0.25) is 4.79 Å². The van der Waals surface area contributed by atoms with E-state index in [4.69, 9.17) is 16.3 Å². The first-order chi connectivity index (χ1) is 12.3. The maximum Gasteiger partial charge on any atom is 0.331 e. The molecule has 2 N–H and O–H groups in total. The van der Waals surface area contributed by atoms with Gasteiger partial charge in [-0.25, -0.2) is 9.18 Å². The number of carbonyl (C=O) groups excluding carboxylic acids is 1. The highest BCUT2D eigenvalue weighted by atomic mass is 79.9. The molecule has 0 fully saturated rings. The quantitative estimate of drug-likeness (QED) is 0.628. The summed E-state index contributed by atoms with van der Waals surface area (Å²) in [5, 5.41) is 12.2. The van der Waals surface area contributed by atoms with Gasteiger partial charge in [-0.1, -0.05) is 45.7 Å². The molecular formula is C18H16BrClFNO4. The highest BCUT2D eigenvalue weighted by Gasteiger charge is 2.28. The third-order valence-corrected chi connectivity index (χ3v) is 4.67. The monoisotopic (exact) mass is 443 g/mol. The van der Waals surface area contributed by atoms with Crippen molar-refractivity contribution in [1.82, 2.24) is 5.32 Å². The summed E-state index contributed by atoms with van der Waals surface area (Å²) in [7, 11) is 0. The fourth-order valence-corrected chi connectivity index (χ4v) is 2.48. The minimum atomic E-state index is -1.51. The summed E-state index contributed by atoms with van der Waals surface area (Å²) in [5.74, 6) is -2.68. The Hall–Kier alpha value is -2.12. The number of ether oxygens (including phenoxy) is 1. The molecule has 8 heteroatoms. The zero-order valence-corrected chi connectivity index (χ0v) is 16.1. The van der Waals surface area contributed by atoms with Crippen LogP contribution in [0.25, 0.3) is 0 Å². The van der Waals surface area contributed by atoms with Crippen LogP contribution in [0.15, 0.2) is 42.5 Å². The minimum absolute atomic E-state index is 0.0310. The lowest BCUT2D eigenvalue weighted by molar-refractivity contribution is -0.139. The Morgan fingerprint density at radius 3 is 2.54 bits per heavy atom.